The minimum absolute atomic E-state index is 0.0915. The summed E-state index contributed by atoms with van der Waals surface area (Å²) >= 11 is 0. The number of ether oxygens (including phenoxy) is 1. The largest absolute Gasteiger partial charge is 0.509 e. The van der Waals surface area contributed by atoms with Crippen LogP contribution in [0.25, 0.3) is 16.7 Å². The first kappa shape index (κ1) is 18.7. The van der Waals surface area contributed by atoms with Crippen molar-refractivity contribution in [2.75, 3.05) is 0 Å². The molecule has 1 aliphatic rings. The Morgan fingerprint density at radius 1 is 0.923 bits per heavy atom. The molecular weight excluding hydrogens is 324 g/mol. The van der Waals surface area contributed by atoms with E-state index < -0.39 is 17.3 Å². The van der Waals surface area contributed by atoms with Gasteiger partial charge in [-0.15, -0.1) is 0 Å². The van der Waals surface area contributed by atoms with Gasteiger partial charge in [0.15, 0.2) is 0 Å². The summed E-state index contributed by atoms with van der Waals surface area (Å²) in [6, 6.07) is 14.5. The molecule has 2 N–H and O–H groups in total. The zero-order chi connectivity index (χ0) is 19.3. The maximum absolute atomic E-state index is 10.9. The van der Waals surface area contributed by atoms with Crippen molar-refractivity contribution >= 4 is 5.57 Å². The number of rotatable bonds is 2. The Labute approximate surface area is 156 Å². The van der Waals surface area contributed by atoms with Crippen LogP contribution in [0.3, 0.4) is 0 Å². The van der Waals surface area contributed by atoms with Gasteiger partial charge in [0.2, 0.25) is 0 Å². The van der Waals surface area contributed by atoms with E-state index in [0.717, 1.165) is 22.3 Å². The third kappa shape index (κ3) is 3.17. The van der Waals surface area contributed by atoms with Crippen LogP contribution in [0.5, 0.6) is 0 Å². The topological polar surface area (TPSA) is 49.7 Å². The van der Waals surface area contributed by atoms with Crippen LogP contribution in [0, 0.1) is 13.8 Å². The molecule has 0 radical (unpaired) electrons. The molecule has 0 saturated heterocycles. The molecule has 1 heterocycles. The van der Waals surface area contributed by atoms with E-state index in [-0.39, 0.29) is 5.76 Å². The van der Waals surface area contributed by atoms with Crippen molar-refractivity contribution in [1.82, 2.24) is 0 Å². The van der Waals surface area contributed by atoms with Crippen LogP contribution in [0.15, 0.2) is 48.2 Å². The highest BCUT2D eigenvalue weighted by Crippen LogP contribution is 2.43. The first-order valence-electron chi connectivity index (χ1n) is 9.03. The first-order valence-corrected chi connectivity index (χ1v) is 9.03. The van der Waals surface area contributed by atoms with Gasteiger partial charge in [-0.05, 0) is 69.9 Å². The fraction of sp³-hybridized carbons (Fsp3) is 0.391. The molecule has 1 unspecified atom stereocenters. The molecule has 2 aromatic rings. The Balaban J connectivity index is 2.21. The zero-order valence-corrected chi connectivity index (χ0v) is 16.4. The molecular formula is C23H28O3. The number of aliphatic hydroxyl groups is 2. The molecule has 0 aromatic heterocycles. The van der Waals surface area contributed by atoms with Crippen LogP contribution in [-0.2, 0) is 4.74 Å². The van der Waals surface area contributed by atoms with E-state index in [9.17, 15) is 10.2 Å². The Kier molecular flexibility index (Phi) is 4.50. The zero-order valence-electron chi connectivity index (χ0n) is 16.4. The summed E-state index contributed by atoms with van der Waals surface area (Å²) in [6.07, 6.45) is -0.915. The molecule has 138 valence electrons. The van der Waals surface area contributed by atoms with Gasteiger partial charge in [0.1, 0.15) is 17.5 Å². The van der Waals surface area contributed by atoms with Gasteiger partial charge in [-0.2, -0.15) is 0 Å². The second-order valence-electron chi connectivity index (χ2n) is 8.28. The number of aryl methyl sites for hydroxylation is 2. The maximum atomic E-state index is 10.9. The number of hydrogen-bond donors (Lipinski definition) is 2. The molecule has 3 nitrogen and oxygen atoms in total. The average Bonchev–Trinajstić information content (AvgIpc) is 2.54. The standard InChI is InChI=1S/C23H28O3/c1-14-8-7-9-16(12-14)17-11-10-15(2)18(13-17)19-20(24)22(3,4)26-23(5,6)21(19)25/h7-13,20,24-25H,1-6H3. The van der Waals surface area contributed by atoms with Crippen molar-refractivity contribution in [3.05, 3.63) is 64.9 Å². The summed E-state index contributed by atoms with van der Waals surface area (Å²) in [5.41, 5.74) is 4.14. The molecule has 1 aliphatic heterocycles. The third-order valence-corrected chi connectivity index (χ3v) is 5.15. The third-order valence-electron chi connectivity index (χ3n) is 5.15. The molecule has 26 heavy (non-hydrogen) atoms. The summed E-state index contributed by atoms with van der Waals surface area (Å²) in [5.74, 6) is 0.0915. The van der Waals surface area contributed by atoms with Gasteiger partial charge in [0.05, 0.1) is 5.60 Å². The normalized spacial score (nSPS) is 21.7. The van der Waals surface area contributed by atoms with Crippen molar-refractivity contribution < 1.29 is 14.9 Å². The van der Waals surface area contributed by atoms with Gasteiger partial charge in [-0.1, -0.05) is 42.0 Å². The van der Waals surface area contributed by atoms with Crippen molar-refractivity contribution in [2.24, 2.45) is 0 Å². The SMILES string of the molecule is Cc1cccc(-c2ccc(C)c(C3=C(O)C(C)(C)OC(C)(C)C3O)c2)c1. The quantitative estimate of drug-likeness (QED) is 0.782. The lowest BCUT2D eigenvalue weighted by atomic mass is 9.80. The van der Waals surface area contributed by atoms with Crippen LogP contribution in [0.1, 0.15) is 44.4 Å². The van der Waals surface area contributed by atoms with Crippen molar-refractivity contribution in [1.29, 1.82) is 0 Å². The number of aliphatic hydroxyl groups excluding tert-OH is 2. The smallest absolute Gasteiger partial charge is 0.130 e. The number of hydrogen-bond acceptors (Lipinski definition) is 3. The molecule has 0 fully saturated rings. The fourth-order valence-corrected chi connectivity index (χ4v) is 3.75. The Morgan fingerprint density at radius 2 is 1.58 bits per heavy atom. The Bertz CT molecular complexity index is 875. The number of benzene rings is 2. The van der Waals surface area contributed by atoms with E-state index in [0.29, 0.717) is 5.57 Å². The lowest BCUT2D eigenvalue weighted by molar-refractivity contribution is -0.165. The van der Waals surface area contributed by atoms with E-state index in [4.69, 9.17) is 4.74 Å². The molecule has 3 rings (SSSR count). The van der Waals surface area contributed by atoms with Crippen LogP contribution in [0.2, 0.25) is 0 Å². The first-order chi connectivity index (χ1) is 12.0. The summed E-state index contributed by atoms with van der Waals surface area (Å²) in [6.45, 7) is 11.4. The van der Waals surface area contributed by atoms with Gasteiger partial charge in [-0.25, -0.2) is 0 Å². The second kappa shape index (κ2) is 6.26. The monoisotopic (exact) mass is 352 g/mol. The summed E-state index contributed by atoms with van der Waals surface area (Å²) < 4.78 is 5.95. The van der Waals surface area contributed by atoms with Gasteiger partial charge < -0.3 is 14.9 Å². The summed E-state index contributed by atoms with van der Waals surface area (Å²) in [4.78, 5) is 0. The Morgan fingerprint density at radius 3 is 2.23 bits per heavy atom. The molecule has 0 spiro atoms. The minimum atomic E-state index is -0.915. The van der Waals surface area contributed by atoms with Gasteiger partial charge >= 0.3 is 0 Å². The van der Waals surface area contributed by atoms with E-state index in [1.54, 1.807) is 0 Å². The van der Waals surface area contributed by atoms with Crippen molar-refractivity contribution in [2.45, 2.75) is 58.8 Å². The summed E-state index contributed by atoms with van der Waals surface area (Å²) in [5, 5.41) is 21.8. The van der Waals surface area contributed by atoms with Crippen molar-refractivity contribution in [3.63, 3.8) is 0 Å². The highest BCUT2D eigenvalue weighted by Gasteiger charge is 2.47. The highest BCUT2D eigenvalue weighted by molar-refractivity contribution is 5.79. The Hall–Kier alpha value is -2.10. The highest BCUT2D eigenvalue weighted by atomic mass is 16.5. The lowest BCUT2D eigenvalue weighted by Crippen LogP contribution is -2.52. The fourth-order valence-electron chi connectivity index (χ4n) is 3.75. The molecule has 0 saturated carbocycles. The van der Waals surface area contributed by atoms with Crippen molar-refractivity contribution in [3.8, 4) is 11.1 Å². The molecule has 2 aromatic carbocycles. The van der Waals surface area contributed by atoms with Gasteiger partial charge in [0, 0.05) is 5.57 Å². The van der Waals surface area contributed by atoms with E-state index >= 15 is 0 Å². The molecule has 0 amide bonds. The van der Waals surface area contributed by atoms with E-state index in [1.165, 1.54) is 5.56 Å². The van der Waals surface area contributed by atoms with Gasteiger partial charge in [-0.3, -0.25) is 0 Å². The second-order valence-corrected chi connectivity index (χ2v) is 8.28. The maximum Gasteiger partial charge on any atom is 0.130 e. The van der Waals surface area contributed by atoms with Crippen LogP contribution in [-0.4, -0.2) is 27.5 Å². The summed E-state index contributed by atoms with van der Waals surface area (Å²) in [7, 11) is 0. The van der Waals surface area contributed by atoms with Gasteiger partial charge in [0.25, 0.3) is 0 Å². The van der Waals surface area contributed by atoms with Crippen LogP contribution < -0.4 is 0 Å². The predicted molar refractivity (Wildman–Crippen MR) is 106 cm³/mol. The molecule has 0 bridgehead atoms. The average molecular weight is 352 g/mol. The minimum Gasteiger partial charge on any atom is -0.509 e. The predicted octanol–water partition coefficient (Wildman–Crippen LogP) is 5.19. The van der Waals surface area contributed by atoms with E-state index in [2.05, 4.69) is 37.3 Å². The molecule has 3 heteroatoms. The van der Waals surface area contributed by atoms with Crippen LogP contribution >= 0.6 is 0 Å². The molecule has 0 aliphatic carbocycles. The lowest BCUT2D eigenvalue weighted by Gasteiger charge is -2.45. The molecule has 1 atom stereocenters. The van der Waals surface area contributed by atoms with Crippen LogP contribution in [0.4, 0.5) is 0 Å². The van der Waals surface area contributed by atoms with E-state index in [1.807, 2.05) is 46.8 Å².